The fourth-order valence-electron chi connectivity index (χ4n) is 6.12. The zero-order chi connectivity index (χ0) is 21.3. The molecule has 0 aliphatic heterocycles. The van der Waals surface area contributed by atoms with E-state index >= 15 is 0 Å². The molecule has 2 amide bonds. The molecule has 4 fully saturated rings. The number of hydrogen-bond donors (Lipinski definition) is 2. The van der Waals surface area contributed by atoms with Gasteiger partial charge in [0.2, 0.25) is 11.8 Å². The van der Waals surface area contributed by atoms with Gasteiger partial charge in [-0.1, -0.05) is 0 Å². The zero-order valence-electron chi connectivity index (χ0n) is 17.7. The maximum atomic E-state index is 13.0. The first kappa shape index (κ1) is 20.7. The third-order valence-corrected chi connectivity index (χ3v) is 7.06. The Bertz CT molecular complexity index is 815. The van der Waals surface area contributed by atoms with Crippen molar-refractivity contribution >= 4 is 23.5 Å². The van der Waals surface area contributed by atoms with E-state index in [1.54, 1.807) is 12.1 Å². The average Bonchev–Trinajstić information content (AvgIpc) is 2.72. The molecule has 1 aromatic rings. The Morgan fingerprint density at radius 1 is 1.03 bits per heavy atom. The fraction of sp³-hybridized carbons (Fsp3) is 0.609. The summed E-state index contributed by atoms with van der Waals surface area (Å²) in [5, 5.41) is 5.75. The van der Waals surface area contributed by atoms with E-state index in [0.717, 1.165) is 19.3 Å². The Balaban J connectivity index is 1.32. The van der Waals surface area contributed by atoms with Crippen LogP contribution in [0.2, 0.25) is 0 Å². The first-order valence-electron chi connectivity index (χ1n) is 10.8. The van der Waals surface area contributed by atoms with Crippen LogP contribution in [0.1, 0.15) is 55.3 Å². The van der Waals surface area contributed by atoms with Crippen LogP contribution in [-0.4, -0.2) is 38.5 Å². The second-order valence-corrected chi connectivity index (χ2v) is 9.16. The highest BCUT2D eigenvalue weighted by Crippen LogP contribution is 2.60. The van der Waals surface area contributed by atoms with Gasteiger partial charge in [-0.05, 0) is 74.5 Å². The molecule has 1 aromatic carbocycles. The van der Waals surface area contributed by atoms with Crippen molar-refractivity contribution < 1.29 is 23.9 Å². The quantitative estimate of drug-likeness (QED) is 0.669. The number of benzene rings is 1. The molecule has 0 spiro atoms. The van der Waals surface area contributed by atoms with E-state index in [4.69, 9.17) is 9.47 Å². The van der Waals surface area contributed by atoms with Crippen LogP contribution in [0.5, 0.6) is 5.75 Å². The maximum Gasteiger partial charge on any atom is 0.340 e. The minimum Gasteiger partial charge on any atom is -0.497 e. The Labute approximate surface area is 176 Å². The second kappa shape index (κ2) is 8.28. The standard InChI is InChI=1S/C23H30N2O5/c1-29-17-3-4-19(18(10-17)21(27)30-2)25-20(26)5-6-24-22(28)23-11-14-7-15(12-23)9-16(8-14)13-23/h3-4,10,14-16H,5-9,11-13H2,1-2H3,(H,24,28)(H,25,26). The van der Waals surface area contributed by atoms with Gasteiger partial charge in [0.1, 0.15) is 5.75 Å². The highest BCUT2D eigenvalue weighted by molar-refractivity contribution is 6.01. The molecule has 30 heavy (non-hydrogen) atoms. The number of anilines is 1. The second-order valence-electron chi connectivity index (χ2n) is 9.16. The number of esters is 1. The molecule has 4 aliphatic carbocycles. The largest absolute Gasteiger partial charge is 0.497 e. The van der Waals surface area contributed by atoms with E-state index in [1.807, 2.05) is 0 Å². The van der Waals surface area contributed by atoms with Gasteiger partial charge in [-0.3, -0.25) is 9.59 Å². The van der Waals surface area contributed by atoms with Crippen molar-refractivity contribution in [2.24, 2.45) is 23.2 Å². The van der Waals surface area contributed by atoms with Crippen LogP contribution in [0.3, 0.4) is 0 Å². The molecule has 0 unspecified atom stereocenters. The molecule has 5 rings (SSSR count). The lowest BCUT2D eigenvalue weighted by Gasteiger charge is -2.55. The van der Waals surface area contributed by atoms with Gasteiger partial charge in [-0.15, -0.1) is 0 Å². The number of rotatable bonds is 7. The van der Waals surface area contributed by atoms with Crippen LogP contribution in [0, 0.1) is 23.2 Å². The minimum absolute atomic E-state index is 0.120. The van der Waals surface area contributed by atoms with Crippen molar-refractivity contribution in [3.8, 4) is 5.75 Å². The summed E-state index contributed by atoms with van der Waals surface area (Å²) in [6, 6.07) is 4.80. The molecule has 4 aliphatic rings. The van der Waals surface area contributed by atoms with Crippen molar-refractivity contribution in [3.05, 3.63) is 23.8 Å². The van der Waals surface area contributed by atoms with Crippen LogP contribution < -0.4 is 15.4 Å². The Kier molecular flexibility index (Phi) is 5.71. The summed E-state index contributed by atoms with van der Waals surface area (Å²) in [6.07, 6.45) is 7.03. The first-order valence-corrected chi connectivity index (χ1v) is 10.8. The summed E-state index contributed by atoms with van der Waals surface area (Å²) in [4.78, 5) is 37.4. The van der Waals surface area contributed by atoms with Crippen molar-refractivity contribution in [1.29, 1.82) is 0 Å². The summed E-state index contributed by atoms with van der Waals surface area (Å²) in [7, 11) is 2.79. The SMILES string of the molecule is COC(=O)c1cc(OC)ccc1NC(=O)CCNC(=O)C12CC3CC(CC(C3)C1)C2. The number of amides is 2. The van der Waals surface area contributed by atoms with E-state index < -0.39 is 5.97 Å². The van der Waals surface area contributed by atoms with E-state index in [-0.39, 0.29) is 35.8 Å². The zero-order valence-corrected chi connectivity index (χ0v) is 17.7. The Hall–Kier alpha value is -2.57. The Morgan fingerprint density at radius 3 is 2.23 bits per heavy atom. The van der Waals surface area contributed by atoms with Gasteiger partial charge in [0.05, 0.1) is 25.5 Å². The molecule has 4 saturated carbocycles. The predicted molar refractivity (Wildman–Crippen MR) is 111 cm³/mol. The number of nitrogens with one attached hydrogen (secondary N) is 2. The topological polar surface area (TPSA) is 93.7 Å². The molecule has 0 atom stereocenters. The van der Waals surface area contributed by atoms with Crippen molar-refractivity contribution in [1.82, 2.24) is 5.32 Å². The summed E-state index contributed by atoms with van der Waals surface area (Å²) in [6.45, 7) is 0.288. The van der Waals surface area contributed by atoms with E-state index in [9.17, 15) is 14.4 Å². The molecule has 7 heteroatoms. The van der Waals surface area contributed by atoms with E-state index in [1.165, 1.54) is 39.5 Å². The van der Waals surface area contributed by atoms with Crippen LogP contribution in [0.25, 0.3) is 0 Å². The monoisotopic (exact) mass is 414 g/mol. The summed E-state index contributed by atoms with van der Waals surface area (Å²) < 4.78 is 9.92. The molecular weight excluding hydrogens is 384 g/mol. The van der Waals surface area contributed by atoms with Crippen molar-refractivity contribution in [2.45, 2.75) is 44.9 Å². The molecule has 0 radical (unpaired) electrons. The lowest BCUT2D eigenvalue weighted by Crippen LogP contribution is -2.53. The third-order valence-electron chi connectivity index (χ3n) is 7.06. The number of methoxy groups -OCH3 is 2. The van der Waals surface area contributed by atoms with Crippen LogP contribution >= 0.6 is 0 Å². The van der Waals surface area contributed by atoms with Crippen LogP contribution in [-0.2, 0) is 14.3 Å². The van der Waals surface area contributed by atoms with Gasteiger partial charge in [0, 0.05) is 18.4 Å². The normalized spacial score (nSPS) is 28.7. The summed E-state index contributed by atoms with van der Waals surface area (Å²) in [5.74, 6) is 1.91. The van der Waals surface area contributed by atoms with Gasteiger partial charge < -0.3 is 20.1 Å². The van der Waals surface area contributed by atoms with Gasteiger partial charge in [-0.2, -0.15) is 0 Å². The molecule has 162 valence electrons. The molecule has 7 nitrogen and oxygen atoms in total. The summed E-state index contributed by atoms with van der Waals surface area (Å²) in [5.41, 5.74) is 0.377. The lowest BCUT2D eigenvalue weighted by atomic mass is 9.49. The van der Waals surface area contributed by atoms with Gasteiger partial charge in [0.15, 0.2) is 0 Å². The van der Waals surface area contributed by atoms with Crippen molar-refractivity contribution in [2.75, 3.05) is 26.1 Å². The number of ether oxygens (including phenoxy) is 2. The highest BCUT2D eigenvalue weighted by atomic mass is 16.5. The van der Waals surface area contributed by atoms with Gasteiger partial charge in [0.25, 0.3) is 0 Å². The smallest absolute Gasteiger partial charge is 0.340 e. The number of carbonyl (C=O) groups is 3. The first-order chi connectivity index (χ1) is 14.4. The maximum absolute atomic E-state index is 13.0. The van der Waals surface area contributed by atoms with Gasteiger partial charge in [-0.25, -0.2) is 4.79 Å². The number of hydrogen-bond acceptors (Lipinski definition) is 5. The molecule has 0 saturated heterocycles. The van der Waals surface area contributed by atoms with Crippen molar-refractivity contribution in [3.63, 3.8) is 0 Å². The van der Waals surface area contributed by atoms with Gasteiger partial charge >= 0.3 is 5.97 Å². The number of carbonyl (C=O) groups excluding carboxylic acids is 3. The lowest BCUT2D eigenvalue weighted by molar-refractivity contribution is -0.146. The molecule has 2 N–H and O–H groups in total. The molecule has 4 bridgehead atoms. The third kappa shape index (κ3) is 4.02. The fourth-order valence-corrected chi connectivity index (χ4v) is 6.12. The Morgan fingerprint density at radius 2 is 1.67 bits per heavy atom. The van der Waals surface area contributed by atoms with E-state index in [2.05, 4.69) is 10.6 Å². The minimum atomic E-state index is -0.556. The van der Waals surface area contributed by atoms with Crippen LogP contribution in [0.4, 0.5) is 5.69 Å². The molecular formula is C23H30N2O5. The summed E-state index contributed by atoms with van der Waals surface area (Å²) >= 11 is 0. The molecule has 0 aromatic heterocycles. The highest BCUT2D eigenvalue weighted by Gasteiger charge is 2.54. The van der Waals surface area contributed by atoms with Crippen LogP contribution in [0.15, 0.2) is 18.2 Å². The average molecular weight is 415 g/mol. The van der Waals surface area contributed by atoms with E-state index in [0.29, 0.717) is 29.2 Å². The predicted octanol–water partition coefficient (Wildman–Crippen LogP) is 3.14. The molecule has 0 heterocycles.